The summed E-state index contributed by atoms with van der Waals surface area (Å²) in [6.45, 7) is 0. The third-order valence-corrected chi connectivity index (χ3v) is 4.96. The molecule has 2 aromatic carbocycles. The Hall–Kier alpha value is -3.82. The van der Waals surface area contributed by atoms with Gasteiger partial charge in [0, 0.05) is 46.2 Å². The van der Waals surface area contributed by atoms with Crippen LogP contribution in [0.15, 0.2) is 61.2 Å². The molecule has 3 aromatic heterocycles. The van der Waals surface area contributed by atoms with Crippen molar-refractivity contribution in [1.29, 1.82) is 0 Å². The molecule has 0 amide bonds. The zero-order valence-electron chi connectivity index (χ0n) is 15.1. The number of anilines is 3. The van der Waals surface area contributed by atoms with Gasteiger partial charge in [-0.3, -0.25) is 10.9 Å². The second-order valence-electron chi connectivity index (χ2n) is 6.49. The smallest absolute Gasteiger partial charge is 0.180 e. The standard InChI is InChI=1S/C20H16N8S/c21-26-16-4-3-15(7-14(16)11-29)24-19-20-22-5-6-28(20)10-18(25-19)12-1-2-13-9-23-27-17(13)8-12/h1-11,26H,21H2,(H,23,27)(H,24,25). The van der Waals surface area contributed by atoms with Crippen LogP contribution in [0.4, 0.5) is 17.2 Å². The van der Waals surface area contributed by atoms with Crippen molar-refractivity contribution in [1.82, 2.24) is 24.6 Å². The van der Waals surface area contributed by atoms with Crippen LogP contribution in [0, 0.1) is 0 Å². The Morgan fingerprint density at radius 2 is 2.10 bits per heavy atom. The molecule has 0 aliphatic carbocycles. The number of aromatic nitrogens is 5. The number of imidazole rings is 1. The van der Waals surface area contributed by atoms with Crippen LogP contribution in [0.2, 0.25) is 0 Å². The molecule has 0 unspecified atom stereocenters. The van der Waals surface area contributed by atoms with Crippen molar-refractivity contribution in [2.45, 2.75) is 0 Å². The number of fused-ring (bicyclic) bond motifs is 2. The molecule has 0 radical (unpaired) electrons. The summed E-state index contributed by atoms with van der Waals surface area (Å²) in [5, 5.41) is 13.1. The molecule has 9 heteroatoms. The molecule has 0 saturated heterocycles. The number of hydrogen-bond donors (Lipinski definition) is 4. The molecule has 142 valence electrons. The van der Waals surface area contributed by atoms with Crippen LogP contribution in [-0.4, -0.2) is 29.9 Å². The van der Waals surface area contributed by atoms with Crippen LogP contribution in [0.3, 0.4) is 0 Å². The molecule has 5 aromatic rings. The van der Waals surface area contributed by atoms with Crippen LogP contribution >= 0.6 is 12.2 Å². The average Bonchev–Trinajstić information content (AvgIpc) is 3.42. The molecule has 0 saturated carbocycles. The molecule has 3 heterocycles. The quantitative estimate of drug-likeness (QED) is 0.203. The Labute approximate surface area is 170 Å². The summed E-state index contributed by atoms with van der Waals surface area (Å²) in [7, 11) is 0. The monoisotopic (exact) mass is 400 g/mol. The number of nitrogens with zero attached hydrogens (tertiary/aromatic N) is 4. The van der Waals surface area contributed by atoms with E-state index in [0.717, 1.165) is 44.7 Å². The SMILES string of the molecule is NNc1ccc(Nc2nc(-c3ccc4cn[nH]c4c3)cn3ccnc23)cc1C=S. The minimum Gasteiger partial charge on any atom is -0.337 e. The molecule has 5 rings (SSSR count). The molecule has 0 aliphatic heterocycles. The number of nitrogen functional groups attached to an aromatic ring is 1. The molecule has 0 bridgehead atoms. The summed E-state index contributed by atoms with van der Waals surface area (Å²) >= 11 is 5.09. The van der Waals surface area contributed by atoms with E-state index in [-0.39, 0.29) is 0 Å². The van der Waals surface area contributed by atoms with Crippen molar-refractivity contribution in [3.8, 4) is 11.3 Å². The van der Waals surface area contributed by atoms with Crippen molar-refractivity contribution in [2.75, 3.05) is 10.7 Å². The number of hydrogen-bond acceptors (Lipinski definition) is 7. The maximum atomic E-state index is 5.54. The maximum absolute atomic E-state index is 5.54. The van der Waals surface area contributed by atoms with Crippen LogP contribution in [0.25, 0.3) is 27.8 Å². The first-order valence-electron chi connectivity index (χ1n) is 8.85. The maximum Gasteiger partial charge on any atom is 0.180 e. The van der Waals surface area contributed by atoms with Gasteiger partial charge < -0.3 is 15.1 Å². The Bertz CT molecular complexity index is 1350. The fourth-order valence-corrected chi connectivity index (χ4v) is 3.45. The van der Waals surface area contributed by atoms with Crippen LogP contribution < -0.4 is 16.6 Å². The molecule has 0 spiro atoms. The van der Waals surface area contributed by atoms with Crippen LogP contribution in [0.5, 0.6) is 0 Å². The number of thiocarbonyl (C=S) groups is 1. The summed E-state index contributed by atoms with van der Waals surface area (Å²) in [5.74, 6) is 6.18. The number of H-pyrrole nitrogens is 1. The van der Waals surface area contributed by atoms with Gasteiger partial charge in [0.1, 0.15) is 0 Å². The van der Waals surface area contributed by atoms with E-state index >= 15 is 0 Å². The Morgan fingerprint density at radius 1 is 1.17 bits per heavy atom. The predicted octanol–water partition coefficient (Wildman–Crippen LogP) is 3.65. The normalized spacial score (nSPS) is 11.1. The first kappa shape index (κ1) is 17.3. The zero-order valence-corrected chi connectivity index (χ0v) is 15.9. The summed E-state index contributed by atoms with van der Waals surface area (Å²) in [6, 6.07) is 11.8. The van der Waals surface area contributed by atoms with Gasteiger partial charge in [-0.2, -0.15) is 5.10 Å². The van der Waals surface area contributed by atoms with E-state index in [0.29, 0.717) is 5.82 Å². The molecule has 0 fully saturated rings. The average molecular weight is 400 g/mol. The van der Waals surface area contributed by atoms with E-state index in [1.54, 1.807) is 17.8 Å². The highest BCUT2D eigenvalue weighted by atomic mass is 32.1. The summed E-state index contributed by atoms with van der Waals surface area (Å²) in [4.78, 5) is 9.25. The summed E-state index contributed by atoms with van der Waals surface area (Å²) in [6.07, 6.45) is 7.39. The van der Waals surface area contributed by atoms with Crippen molar-refractivity contribution >= 4 is 51.3 Å². The topological polar surface area (TPSA) is 109 Å². The van der Waals surface area contributed by atoms with Gasteiger partial charge in [-0.15, -0.1) is 0 Å². The molecule has 0 aliphatic rings. The summed E-state index contributed by atoms with van der Waals surface area (Å²) in [5.41, 5.74) is 8.51. The molecule has 0 atom stereocenters. The Kier molecular flexibility index (Phi) is 4.15. The third kappa shape index (κ3) is 3.08. The lowest BCUT2D eigenvalue weighted by Crippen LogP contribution is -2.09. The van der Waals surface area contributed by atoms with Gasteiger partial charge in [-0.1, -0.05) is 24.4 Å². The van der Waals surface area contributed by atoms with E-state index in [9.17, 15) is 0 Å². The van der Waals surface area contributed by atoms with Crippen molar-refractivity contribution < 1.29 is 0 Å². The lowest BCUT2D eigenvalue weighted by molar-refractivity contribution is 1.12. The van der Waals surface area contributed by atoms with Gasteiger partial charge in [0.25, 0.3) is 0 Å². The zero-order chi connectivity index (χ0) is 19.8. The largest absolute Gasteiger partial charge is 0.337 e. The molecule has 5 N–H and O–H groups in total. The van der Waals surface area contributed by atoms with Gasteiger partial charge in [0.15, 0.2) is 11.5 Å². The molecular formula is C20H16N8S. The van der Waals surface area contributed by atoms with E-state index in [1.807, 2.05) is 53.2 Å². The van der Waals surface area contributed by atoms with Crippen molar-refractivity contribution in [2.24, 2.45) is 5.84 Å². The fraction of sp³-hybridized carbons (Fsp3) is 0. The molecular weight excluding hydrogens is 384 g/mol. The number of benzene rings is 2. The first-order chi connectivity index (χ1) is 14.2. The van der Waals surface area contributed by atoms with E-state index < -0.39 is 0 Å². The second kappa shape index (κ2) is 6.97. The van der Waals surface area contributed by atoms with Crippen molar-refractivity contribution in [3.05, 3.63) is 66.7 Å². The van der Waals surface area contributed by atoms with Gasteiger partial charge in [0.2, 0.25) is 0 Å². The fourth-order valence-electron chi connectivity index (χ4n) is 3.26. The molecule has 8 nitrogen and oxygen atoms in total. The number of hydrazine groups is 1. The summed E-state index contributed by atoms with van der Waals surface area (Å²) < 4.78 is 1.94. The highest BCUT2D eigenvalue weighted by molar-refractivity contribution is 7.79. The van der Waals surface area contributed by atoms with Crippen LogP contribution in [-0.2, 0) is 0 Å². The van der Waals surface area contributed by atoms with Crippen LogP contribution in [0.1, 0.15) is 5.56 Å². The lowest BCUT2D eigenvalue weighted by atomic mass is 10.1. The highest BCUT2D eigenvalue weighted by Gasteiger charge is 2.11. The lowest BCUT2D eigenvalue weighted by Gasteiger charge is -2.12. The third-order valence-electron chi connectivity index (χ3n) is 4.71. The number of rotatable bonds is 5. The number of nitrogens with one attached hydrogen (secondary N) is 3. The predicted molar refractivity (Wildman–Crippen MR) is 118 cm³/mol. The first-order valence-corrected chi connectivity index (χ1v) is 9.32. The van der Waals surface area contributed by atoms with E-state index in [2.05, 4.69) is 25.9 Å². The highest BCUT2D eigenvalue weighted by Crippen LogP contribution is 2.27. The Balaban J connectivity index is 1.60. The van der Waals surface area contributed by atoms with Gasteiger partial charge >= 0.3 is 0 Å². The van der Waals surface area contributed by atoms with Gasteiger partial charge in [0.05, 0.1) is 23.1 Å². The molecule has 29 heavy (non-hydrogen) atoms. The van der Waals surface area contributed by atoms with Gasteiger partial charge in [-0.25, -0.2) is 9.97 Å². The van der Waals surface area contributed by atoms with E-state index in [4.69, 9.17) is 23.0 Å². The second-order valence-corrected chi connectivity index (χ2v) is 6.73. The van der Waals surface area contributed by atoms with E-state index in [1.165, 1.54) is 0 Å². The Morgan fingerprint density at radius 3 is 2.97 bits per heavy atom. The number of aromatic amines is 1. The minimum atomic E-state index is 0.640. The minimum absolute atomic E-state index is 0.640. The number of nitrogens with two attached hydrogens (primary N) is 1. The van der Waals surface area contributed by atoms with Crippen molar-refractivity contribution in [3.63, 3.8) is 0 Å². The van der Waals surface area contributed by atoms with Gasteiger partial charge in [-0.05, 0) is 24.3 Å².